The van der Waals surface area contributed by atoms with Crippen molar-refractivity contribution in [2.45, 2.75) is 13.8 Å². The van der Waals surface area contributed by atoms with E-state index in [0.717, 1.165) is 16.7 Å². The molecule has 1 amide bonds. The quantitative estimate of drug-likeness (QED) is 0.783. The zero-order valence-corrected chi connectivity index (χ0v) is 12.1. The molecule has 4 heteroatoms. The zero-order valence-electron chi connectivity index (χ0n) is 12.1. The van der Waals surface area contributed by atoms with Crippen molar-refractivity contribution in [1.29, 1.82) is 0 Å². The molecule has 1 radical (unpaired) electrons. The van der Waals surface area contributed by atoms with Crippen LogP contribution in [0, 0.1) is 20.8 Å². The van der Waals surface area contributed by atoms with Gasteiger partial charge in [0.25, 0.3) is 5.91 Å². The Morgan fingerprint density at radius 2 is 1.86 bits per heavy atom. The summed E-state index contributed by atoms with van der Waals surface area (Å²) < 4.78 is 1.82. The van der Waals surface area contributed by atoms with Crippen LogP contribution in [0.25, 0.3) is 16.8 Å². The Labute approximate surface area is 123 Å². The SMILES string of the molecule is [CH2]c1c(C(N)=O)nc2c(-c3ccc(C)cc3)cc(C)cn12. The van der Waals surface area contributed by atoms with E-state index in [-0.39, 0.29) is 5.69 Å². The number of fused-ring (bicyclic) bond motifs is 1. The smallest absolute Gasteiger partial charge is 0.269 e. The fraction of sp³-hybridized carbons (Fsp3) is 0.118. The molecule has 0 saturated heterocycles. The minimum absolute atomic E-state index is 0.217. The lowest BCUT2D eigenvalue weighted by Crippen LogP contribution is -2.12. The standard InChI is InChI=1S/C17H16N3O/c1-10-4-6-13(7-5-10)14-8-11(2)9-20-12(3)15(16(18)21)19-17(14)20/h4-9H,3H2,1-2H3,(H2,18,21). The Hall–Kier alpha value is -2.62. The number of nitrogens with zero attached hydrogens (tertiary/aromatic N) is 2. The Morgan fingerprint density at radius 1 is 1.19 bits per heavy atom. The van der Waals surface area contributed by atoms with Crippen LogP contribution in [0.3, 0.4) is 0 Å². The molecule has 0 atom stereocenters. The molecule has 105 valence electrons. The maximum absolute atomic E-state index is 11.5. The number of carbonyl (C=O) groups excluding carboxylic acids is 1. The highest BCUT2D eigenvalue weighted by Gasteiger charge is 2.16. The first-order valence-electron chi connectivity index (χ1n) is 6.69. The molecular weight excluding hydrogens is 262 g/mol. The topological polar surface area (TPSA) is 60.4 Å². The zero-order chi connectivity index (χ0) is 15.1. The van der Waals surface area contributed by atoms with Gasteiger partial charge in [-0.3, -0.25) is 4.79 Å². The molecule has 0 bridgehead atoms. The highest BCUT2D eigenvalue weighted by Crippen LogP contribution is 2.27. The number of benzene rings is 1. The van der Waals surface area contributed by atoms with E-state index >= 15 is 0 Å². The average molecular weight is 278 g/mol. The average Bonchev–Trinajstić information content (AvgIpc) is 2.77. The van der Waals surface area contributed by atoms with E-state index in [2.05, 4.69) is 30.1 Å². The monoisotopic (exact) mass is 278 g/mol. The molecule has 4 nitrogen and oxygen atoms in total. The predicted octanol–water partition coefficient (Wildman–Crippen LogP) is 2.90. The number of nitrogens with two attached hydrogens (primary N) is 1. The first-order valence-corrected chi connectivity index (χ1v) is 6.69. The molecule has 0 saturated carbocycles. The maximum Gasteiger partial charge on any atom is 0.269 e. The number of rotatable bonds is 2. The largest absolute Gasteiger partial charge is 0.364 e. The van der Waals surface area contributed by atoms with Gasteiger partial charge in [0.15, 0.2) is 0 Å². The molecular formula is C17H16N3O. The fourth-order valence-corrected chi connectivity index (χ4v) is 2.47. The summed E-state index contributed by atoms with van der Waals surface area (Å²) in [4.78, 5) is 15.9. The fourth-order valence-electron chi connectivity index (χ4n) is 2.47. The second-order valence-electron chi connectivity index (χ2n) is 5.26. The lowest BCUT2D eigenvalue weighted by atomic mass is 10.0. The predicted molar refractivity (Wildman–Crippen MR) is 83.1 cm³/mol. The third kappa shape index (κ3) is 2.18. The first-order chi connectivity index (χ1) is 9.97. The molecule has 3 aromatic rings. The number of amides is 1. The van der Waals surface area contributed by atoms with Crippen LogP contribution in [0.5, 0.6) is 0 Å². The molecule has 2 heterocycles. The van der Waals surface area contributed by atoms with E-state index in [1.165, 1.54) is 5.56 Å². The minimum atomic E-state index is -0.559. The summed E-state index contributed by atoms with van der Waals surface area (Å²) in [6.45, 7) is 7.97. The summed E-state index contributed by atoms with van der Waals surface area (Å²) in [5, 5.41) is 0. The number of carbonyl (C=O) groups is 1. The molecule has 21 heavy (non-hydrogen) atoms. The summed E-state index contributed by atoms with van der Waals surface area (Å²) in [6, 6.07) is 10.3. The molecule has 0 spiro atoms. The van der Waals surface area contributed by atoms with Crippen molar-refractivity contribution in [2.24, 2.45) is 5.73 Å². The number of aromatic nitrogens is 2. The Morgan fingerprint density at radius 3 is 2.48 bits per heavy atom. The Balaban J connectivity index is 2.34. The molecule has 0 fully saturated rings. The minimum Gasteiger partial charge on any atom is -0.364 e. The first kappa shape index (κ1) is 13.4. The van der Waals surface area contributed by atoms with Crippen LogP contribution < -0.4 is 5.73 Å². The van der Waals surface area contributed by atoms with Gasteiger partial charge in [0.1, 0.15) is 11.3 Å². The van der Waals surface area contributed by atoms with Crippen LogP contribution in [0.2, 0.25) is 0 Å². The molecule has 2 aromatic heterocycles. The van der Waals surface area contributed by atoms with Gasteiger partial charge in [0, 0.05) is 11.8 Å². The van der Waals surface area contributed by atoms with Crippen LogP contribution >= 0.6 is 0 Å². The third-order valence-electron chi connectivity index (χ3n) is 3.55. The Kier molecular flexibility index (Phi) is 3.01. The molecule has 0 aliphatic rings. The highest BCUT2D eigenvalue weighted by atomic mass is 16.1. The van der Waals surface area contributed by atoms with E-state index in [1.807, 2.05) is 36.6 Å². The third-order valence-corrected chi connectivity index (χ3v) is 3.55. The van der Waals surface area contributed by atoms with Crippen molar-refractivity contribution in [1.82, 2.24) is 9.38 Å². The highest BCUT2D eigenvalue weighted by molar-refractivity contribution is 5.94. The van der Waals surface area contributed by atoms with Crippen molar-refractivity contribution in [3.63, 3.8) is 0 Å². The number of pyridine rings is 1. The molecule has 2 N–H and O–H groups in total. The van der Waals surface area contributed by atoms with Crippen LogP contribution in [0.1, 0.15) is 27.3 Å². The van der Waals surface area contributed by atoms with Crippen molar-refractivity contribution in [3.8, 4) is 11.1 Å². The van der Waals surface area contributed by atoms with Gasteiger partial charge in [-0.2, -0.15) is 0 Å². The summed E-state index contributed by atoms with van der Waals surface area (Å²) in [5.74, 6) is -0.559. The second kappa shape index (κ2) is 4.74. The van der Waals surface area contributed by atoms with Gasteiger partial charge in [-0.25, -0.2) is 4.98 Å². The lowest BCUT2D eigenvalue weighted by molar-refractivity contribution is 0.0996. The molecule has 0 aliphatic heterocycles. The number of imidazole rings is 1. The van der Waals surface area contributed by atoms with Crippen LogP contribution in [0.4, 0.5) is 0 Å². The van der Waals surface area contributed by atoms with Crippen LogP contribution in [-0.2, 0) is 0 Å². The van der Waals surface area contributed by atoms with E-state index in [0.29, 0.717) is 11.3 Å². The maximum atomic E-state index is 11.5. The second-order valence-corrected chi connectivity index (χ2v) is 5.26. The van der Waals surface area contributed by atoms with Gasteiger partial charge in [-0.05, 0) is 38.0 Å². The summed E-state index contributed by atoms with van der Waals surface area (Å²) in [7, 11) is 0. The van der Waals surface area contributed by atoms with E-state index in [9.17, 15) is 4.79 Å². The van der Waals surface area contributed by atoms with E-state index in [1.54, 1.807) is 0 Å². The molecule has 3 rings (SSSR count). The van der Waals surface area contributed by atoms with Gasteiger partial charge < -0.3 is 10.1 Å². The van der Waals surface area contributed by atoms with Gasteiger partial charge >= 0.3 is 0 Å². The Bertz CT molecular complexity index is 845. The van der Waals surface area contributed by atoms with E-state index < -0.39 is 5.91 Å². The molecule has 0 unspecified atom stereocenters. The number of primary amides is 1. The van der Waals surface area contributed by atoms with Gasteiger partial charge in [0.05, 0.1) is 5.69 Å². The summed E-state index contributed by atoms with van der Waals surface area (Å²) >= 11 is 0. The van der Waals surface area contributed by atoms with Gasteiger partial charge in [-0.15, -0.1) is 0 Å². The van der Waals surface area contributed by atoms with Crippen molar-refractivity contribution in [2.75, 3.05) is 0 Å². The summed E-state index contributed by atoms with van der Waals surface area (Å²) in [5.41, 5.74) is 11.1. The summed E-state index contributed by atoms with van der Waals surface area (Å²) in [6.07, 6.45) is 1.91. The molecule has 0 aliphatic carbocycles. The van der Waals surface area contributed by atoms with Crippen LogP contribution in [-0.4, -0.2) is 15.3 Å². The number of hydrogen-bond donors (Lipinski definition) is 1. The van der Waals surface area contributed by atoms with Crippen molar-refractivity contribution >= 4 is 11.6 Å². The normalized spacial score (nSPS) is 11.0. The lowest BCUT2D eigenvalue weighted by Gasteiger charge is -2.07. The number of aryl methyl sites for hydroxylation is 2. The molecule has 1 aromatic carbocycles. The van der Waals surface area contributed by atoms with Gasteiger partial charge in [-0.1, -0.05) is 29.8 Å². The van der Waals surface area contributed by atoms with Crippen LogP contribution in [0.15, 0.2) is 36.5 Å². The van der Waals surface area contributed by atoms with Gasteiger partial charge in [0.2, 0.25) is 0 Å². The number of hydrogen-bond acceptors (Lipinski definition) is 2. The van der Waals surface area contributed by atoms with E-state index in [4.69, 9.17) is 5.73 Å². The van der Waals surface area contributed by atoms with Crippen molar-refractivity contribution < 1.29 is 4.79 Å². The van der Waals surface area contributed by atoms with Crippen molar-refractivity contribution in [3.05, 3.63) is 66.0 Å².